The van der Waals surface area contributed by atoms with Crippen LogP contribution in [0.4, 0.5) is 0 Å². The minimum absolute atomic E-state index is 0.0136. The predicted octanol–water partition coefficient (Wildman–Crippen LogP) is 1.82. The molecule has 8 heteroatoms. The molecule has 2 N–H and O–H groups in total. The average Bonchev–Trinajstić information content (AvgIpc) is 3.21. The zero-order valence-electron chi connectivity index (χ0n) is 15.5. The Balaban J connectivity index is 2.11. The second kappa shape index (κ2) is 7.88. The van der Waals surface area contributed by atoms with Crippen LogP contribution in [0.5, 0.6) is 0 Å². The van der Waals surface area contributed by atoms with Crippen molar-refractivity contribution in [1.29, 1.82) is 0 Å². The van der Waals surface area contributed by atoms with Crippen LogP contribution in [0.2, 0.25) is 0 Å². The number of hydrogen-bond donors (Lipinski definition) is 1. The quantitative estimate of drug-likeness (QED) is 0.788. The maximum atomic E-state index is 12.7. The molecule has 0 radical (unpaired) electrons. The number of hydrogen-bond acceptors (Lipinski definition) is 5. The summed E-state index contributed by atoms with van der Waals surface area (Å²) in [6.45, 7) is 7.18. The van der Waals surface area contributed by atoms with Gasteiger partial charge in [0.1, 0.15) is 10.7 Å². The van der Waals surface area contributed by atoms with Crippen LogP contribution in [0.3, 0.4) is 0 Å². The minimum atomic E-state index is -3.60. The van der Waals surface area contributed by atoms with Crippen molar-refractivity contribution < 1.29 is 17.6 Å². The summed E-state index contributed by atoms with van der Waals surface area (Å²) in [6, 6.07) is 1.36. The highest BCUT2D eigenvalue weighted by atomic mass is 32.2. The van der Waals surface area contributed by atoms with Gasteiger partial charge in [-0.2, -0.15) is 4.31 Å². The van der Waals surface area contributed by atoms with E-state index in [9.17, 15) is 13.2 Å². The summed E-state index contributed by atoms with van der Waals surface area (Å²) < 4.78 is 32.3. The lowest BCUT2D eigenvalue weighted by atomic mass is 10.0. The Morgan fingerprint density at radius 2 is 1.96 bits per heavy atom. The molecule has 1 aliphatic heterocycles. The highest BCUT2D eigenvalue weighted by Crippen LogP contribution is 2.26. The summed E-state index contributed by atoms with van der Waals surface area (Å²) >= 11 is 0. The van der Waals surface area contributed by atoms with Crippen LogP contribution in [0, 0.1) is 12.8 Å². The Morgan fingerprint density at radius 3 is 2.52 bits per heavy atom. The van der Waals surface area contributed by atoms with Crippen molar-refractivity contribution in [2.24, 2.45) is 11.7 Å². The lowest BCUT2D eigenvalue weighted by Crippen LogP contribution is -2.34. The molecule has 0 aromatic carbocycles. The lowest BCUT2D eigenvalue weighted by molar-refractivity contribution is 0.0756. The average molecular weight is 372 g/mol. The molecule has 1 aromatic rings. The SMILES string of the molecule is Cc1oc(C(=O)N(C)CCC(N)C(C)C)cc1S(=O)(=O)N1CCCC1. The monoisotopic (exact) mass is 371 g/mol. The Kier molecular flexibility index (Phi) is 6.29. The first-order chi connectivity index (χ1) is 11.6. The standard InChI is InChI=1S/C17H29N3O4S/c1-12(2)14(18)7-10-19(4)17(21)15-11-16(13(3)24-15)25(22,23)20-8-5-6-9-20/h11-12,14H,5-10,18H2,1-4H3. The van der Waals surface area contributed by atoms with Gasteiger partial charge in [0, 0.05) is 38.8 Å². The number of furan rings is 1. The number of nitrogens with two attached hydrogens (primary N) is 1. The number of nitrogens with zero attached hydrogens (tertiary/aromatic N) is 2. The van der Waals surface area contributed by atoms with Gasteiger partial charge in [0.25, 0.3) is 5.91 Å². The molecule has 0 spiro atoms. The topological polar surface area (TPSA) is 96.8 Å². The fourth-order valence-corrected chi connectivity index (χ4v) is 4.54. The summed E-state index contributed by atoms with van der Waals surface area (Å²) in [7, 11) is -1.93. The summed E-state index contributed by atoms with van der Waals surface area (Å²) in [5.41, 5.74) is 6.01. The Bertz CT molecular complexity index is 705. The van der Waals surface area contributed by atoms with E-state index in [2.05, 4.69) is 0 Å². The maximum absolute atomic E-state index is 12.7. The fourth-order valence-electron chi connectivity index (χ4n) is 2.86. The number of carbonyl (C=O) groups is 1. The zero-order chi connectivity index (χ0) is 18.8. The van der Waals surface area contributed by atoms with Crippen molar-refractivity contribution in [2.75, 3.05) is 26.7 Å². The highest BCUT2D eigenvalue weighted by molar-refractivity contribution is 7.89. The zero-order valence-corrected chi connectivity index (χ0v) is 16.3. The van der Waals surface area contributed by atoms with Gasteiger partial charge in [-0.05, 0) is 32.1 Å². The van der Waals surface area contributed by atoms with Crippen molar-refractivity contribution in [1.82, 2.24) is 9.21 Å². The smallest absolute Gasteiger partial charge is 0.289 e. The molecule has 0 saturated carbocycles. The molecule has 1 amide bonds. The first kappa shape index (κ1) is 19.9. The molecule has 1 saturated heterocycles. The molecule has 1 fully saturated rings. The number of aryl methyl sites for hydroxylation is 1. The van der Waals surface area contributed by atoms with Crippen LogP contribution < -0.4 is 5.73 Å². The van der Waals surface area contributed by atoms with Gasteiger partial charge in [-0.1, -0.05) is 13.8 Å². The van der Waals surface area contributed by atoms with Crippen molar-refractivity contribution in [2.45, 2.75) is 51.0 Å². The van der Waals surface area contributed by atoms with Crippen LogP contribution in [-0.2, 0) is 10.0 Å². The summed E-state index contributed by atoms with van der Waals surface area (Å²) in [4.78, 5) is 14.1. The predicted molar refractivity (Wildman–Crippen MR) is 95.8 cm³/mol. The van der Waals surface area contributed by atoms with E-state index in [0.29, 0.717) is 32.0 Å². The van der Waals surface area contributed by atoms with E-state index in [-0.39, 0.29) is 28.4 Å². The fraction of sp³-hybridized carbons (Fsp3) is 0.706. The number of rotatable bonds is 7. The van der Waals surface area contributed by atoms with Crippen LogP contribution in [0.25, 0.3) is 0 Å². The van der Waals surface area contributed by atoms with E-state index in [1.54, 1.807) is 14.0 Å². The lowest BCUT2D eigenvalue weighted by Gasteiger charge is -2.20. The van der Waals surface area contributed by atoms with E-state index in [4.69, 9.17) is 10.2 Å². The first-order valence-corrected chi connectivity index (χ1v) is 10.2. The molecule has 0 aliphatic carbocycles. The van der Waals surface area contributed by atoms with E-state index in [1.807, 2.05) is 13.8 Å². The molecule has 2 rings (SSSR count). The van der Waals surface area contributed by atoms with E-state index < -0.39 is 10.0 Å². The third-order valence-electron chi connectivity index (χ3n) is 4.77. The molecule has 2 heterocycles. The van der Waals surface area contributed by atoms with Gasteiger partial charge in [0.15, 0.2) is 5.76 Å². The minimum Gasteiger partial charge on any atom is -0.455 e. The van der Waals surface area contributed by atoms with E-state index >= 15 is 0 Å². The summed E-state index contributed by atoms with van der Waals surface area (Å²) in [5.74, 6) is 0.312. The molecule has 0 bridgehead atoms. The summed E-state index contributed by atoms with van der Waals surface area (Å²) in [5, 5.41) is 0. The first-order valence-electron chi connectivity index (χ1n) is 8.76. The molecule has 1 unspecified atom stereocenters. The van der Waals surface area contributed by atoms with Gasteiger partial charge in [-0.15, -0.1) is 0 Å². The van der Waals surface area contributed by atoms with Gasteiger partial charge in [-0.3, -0.25) is 4.79 Å². The van der Waals surface area contributed by atoms with Gasteiger partial charge in [-0.25, -0.2) is 8.42 Å². The largest absolute Gasteiger partial charge is 0.455 e. The Labute approximate surface area is 150 Å². The number of carbonyl (C=O) groups excluding carboxylic acids is 1. The third-order valence-corrected chi connectivity index (χ3v) is 6.77. The van der Waals surface area contributed by atoms with Crippen molar-refractivity contribution >= 4 is 15.9 Å². The van der Waals surface area contributed by atoms with Gasteiger partial charge >= 0.3 is 0 Å². The third kappa shape index (κ3) is 4.43. The number of amides is 1. The van der Waals surface area contributed by atoms with Crippen LogP contribution in [0.15, 0.2) is 15.4 Å². The molecule has 25 heavy (non-hydrogen) atoms. The molecule has 7 nitrogen and oxygen atoms in total. The molecular weight excluding hydrogens is 342 g/mol. The Morgan fingerprint density at radius 1 is 1.36 bits per heavy atom. The van der Waals surface area contributed by atoms with Crippen molar-refractivity contribution in [3.8, 4) is 0 Å². The van der Waals surface area contributed by atoms with Gasteiger partial charge < -0.3 is 15.1 Å². The number of sulfonamides is 1. The normalized spacial score (nSPS) is 17.2. The summed E-state index contributed by atoms with van der Waals surface area (Å²) in [6.07, 6.45) is 2.40. The van der Waals surface area contributed by atoms with Crippen LogP contribution in [0.1, 0.15) is 49.4 Å². The van der Waals surface area contributed by atoms with Crippen LogP contribution in [-0.4, -0.2) is 56.3 Å². The highest BCUT2D eigenvalue weighted by Gasteiger charge is 2.32. The van der Waals surface area contributed by atoms with Crippen LogP contribution >= 0.6 is 0 Å². The maximum Gasteiger partial charge on any atom is 0.289 e. The molecule has 1 aliphatic rings. The second-order valence-corrected chi connectivity index (χ2v) is 8.97. The molecule has 1 atom stereocenters. The Hall–Kier alpha value is -1.38. The second-order valence-electron chi connectivity index (χ2n) is 7.07. The van der Waals surface area contributed by atoms with Gasteiger partial charge in [0.05, 0.1) is 0 Å². The van der Waals surface area contributed by atoms with Gasteiger partial charge in [0.2, 0.25) is 10.0 Å². The molecular formula is C17H29N3O4S. The van der Waals surface area contributed by atoms with Crippen molar-refractivity contribution in [3.63, 3.8) is 0 Å². The molecule has 142 valence electrons. The molecule has 1 aromatic heterocycles. The van der Waals surface area contributed by atoms with E-state index in [1.165, 1.54) is 15.3 Å². The van der Waals surface area contributed by atoms with Crippen molar-refractivity contribution in [3.05, 3.63) is 17.6 Å². The van der Waals surface area contributed by atoms with E-state index in [0.717, 1.165) is 12.8 Å².